The summed E-state index contributed by atoms with van der Waals surface area (Å²) < 4.78 is 36.3. The number of likely N-dealkylation sites (N-methyl/N-ethyl adjacent to an activating group) is 1. The quantitative estimate of drug-likeness (QED) is 0.279. The van der Waals surface area contributed by atoms with Crippen LogP contribution < -0.4 is 9.64 Å². The minimum Gasteiger partial charge on any atom is -0.462 e. The minimum atomic E-state index is -0.966. The average Bonchev–Trinajstić information content (AvgIpc) is 3.53. The summed E-state index contributed by atoms with van der Waals surface area (Å²) in [5, 5.41) is 2.54. The van der Waals surface area contributed by atoms with Crippen LogP contribution in [0.15, 0.2) is 55.1 Å². The molecular weight excluding hydrogens is 562 g/mol. The van der Waals surface area contributed by atoms with E-state index in [1.165, 1.54) is 4.90 Å². The van der Waals surface area contributed by atoms with E-state index >= 15 is 4.39 Å². The van der Waals surface area contributed by atoms with E-state index in [0.29, 0.717) is 58.9 Å². The van der Waals surface area contributed by atoms with Gasteiger partial charge in [0.25, 0.3) is 5.91 Å². The van der Waals surface area contributed by atoms with E-state index in [0.717, 1.165) is 24.8 Å². The highest BCUT2D eigenvalue weighted by Gasteiger charge is 2.50. The molecule has 42 heavy (non-hydrogen) atoms. The predicted octanol–water partition coefficient (Wildman–Crippen LogP) is 5.38. The van der Waals surface area contributed by atoms with Crippen LogP contribution in [0.5, 0.6) is 6.01 Å². The summed E-state index contributed by atoms with van der Waals surface area (Å²) in [4.78, 5) is 31.8. The molecule has 0 unspecified atom stereocenters. The molecule has 2 aromatic heterocycles. The maximum Gasteiger partial charge on any atom is 0.319 e. The molecule has 3 aliphatic rings. The third-order valence-corrected chi connectivity index (χ3v) is 9.24. The van der Waals surface area contributed by atoms with Gasteiger partial charge in [0, 0.05) is 63.8 Å². The number of likely N-dealkylation sites (tertiary alicyclic amines) is 2. The van der Waals surface area contributed by atoms with E-state index in [2.05, 4.69) is 28.5 Å². The predicted molar refractivity (Wildman–Crippen MR) is 158 cm³/mol. The van der Waals surface area contributed by atoms with E-state index in [-0.39, 0.29) is 29.7 Å². The van der Waals surface area contributed by atoms with Crippen molar-refractivity contribution in [2.24, 2.45) is 0 Å². The number of amides is 1. The number of rotatable bonds is 6. The van der Waals surface area contributed by atoms with Gasteiger partial charge in [-0.3, -0.25) is 9.78 Å². The van der Waals surface area contributed by atoms with Gasteiger partial charge in [0.15, 0.2) is 11.6 Å². The summed E-state index contributed by atoms with van der Waals surface area (Å²) in [5.41, 5.74) is 1.01. The topological polar surface area (TPSA) is 74.7 Å². The largest absolute Gasteiger partial charge is 0.462 e. The molecule has 0 N–H and O–H groups in total. The smallest absolute Gasteiger partial charge is 0.319 e. The number of fused-ring (bicyclic) bond motifs is 3. The summed E-state index contributed by atoms with van der Waals surface area (Å²) in [6, 6.07) is 9.07. The summed E-state index contributed by atoms with van der Waals surface area (Å²) >= 11 is 6.56. The van der Waals surface area contributed by atoms with E-state index in [9.17, 15) is 9.18 Å². The van der Waals surface area contributed by atoms with Crippen LogP contribution in [0.25, 0.3) is 32.8 Å². The second-order valence-corrected chi connectivity index (χ2v) is 11.7. The Morgan fingerprint density at radius 3 is 2.76 bits per heavy atom. The van der Waals surface area contributed by atoms with Crippen LogP contribution in [0.2, 0.25) is 5.02 Å². The maximum absolute atomic E-state index is 16.5. The van der Waals surface area contributed by atoms with Gasteiger partial charge in [0.1, 0.15) is 17.9 Å². The summed E-state index contributed by atoms with van der Waals surface area (Å²) in [6.07, 6.45) is 6.04. The number of anilines is 1. The van der Waals surface area contributed by atoms with Crippen molar-refractivity contribution in [1.29, 1.82) is 0 Å². The van der Waals surface area contributed by atoms with Crippen LogP contribution in [0.1, 0.15) is 19.3 Å². The zero-order valence-electron chi connectivity index (χ0n) is 23.1. The molecule has 4 aromatic rings. The van der Waals surface area contributed by atoms with Gasteiger partial charge in [0.05, 0.1) is 12.1 Å². The van der Waals surface area contributed by atoms with E-state index < -0.39 is 17.6 Å². The molecule has 8 nitrogen and oxygen atoms in total. The van der Waals surface area contributed by atoms with Crippen LogP contribution in [0.4, 0.5) is 14.6 Å². The van der Waals surface area contributed by atoms with Crippen molar-refractivity contribution in [3.05, 3.63) is 66.0 Å². The highest BCUT2D eigenvalue weighted by atomic mass is 35.5. The Hall–Kier alpha value is -3.89. The first-order valence-corrected chi connectivity index (χ1v) is 14.5. The van der Waals surface area contributed by atoms with Gasteiger partial charge in [-0.1, -0.05) is 36.4 Å². The molecule has 0 saturated carbocycles. The summed E-state index contributed by atoms with van der Waals surface area (Å²) in [7, 11) is 2.06. The van der Waals surface area contributed by atoms with Crippen LogP contribution in [0.3, 0.4) is 0 Å². The highest BCUT2D eigenvalue weighted by Crippen LogP contribution is 2.42. The standard InChI is InChI=1S/C31H29ClF2N6O2/c1-17(33)30(41)39-12-10-24-25(39)15-40(24)29-21-9-8-20(22-14-35-13-18-5-3-7-23(32)26(18)22)27(34)28(21)36-31(37-29)42-16-19-6-4-11-38(19)2/h3,5,7-9,13-14,19,24-25H,1,4,6,10-12,15-16H2,2H3/t19-,24+,25+/m0/s1. The lowest BCUT2D eigenvalue weighted by Gasteiger charge is -2.47. The summed E-state index contributed by atoms with van der Waals surface area (Å²) in [6.45, 7) is 5.41. The summed E-state index contributed by atoms with van der Waals surface area (Å²) in [5.74, 6) is -1.64. The van der Waals surface area contributed by atoms with Crippen molar-refractivity contribution < 1.29 is 18.3 Å². The van der Waals surface area contributed by atoms with Gasteiger partial charge in [-0.05, 0) is 45.0 Å². The molecule has 0 bridgehead atoms. The Balaban J connectivity index is 1.31. The Morgan fingerprint density at radius 1 is 1.12 bits per heavy atom. The Morgan fingerprint density at radius 2 is 1.98 bits per heavy atom. The van der Waals surface area contributed by atoms with Gasteiger partial charge in [-0.2, -0.15) is 9.97 Å². The molecule has 0 radical (unpaired) electrons. The lowest BCUT2D eigenvalue weighted by atomic mass is 9.95. The zero-order valence-corrected chi connectivity index (χ0v) is 23.8. The van der Waals surface area contributed by atoms with Gasteiger partial charge in [-0.25, -0.2) is 8.78 Å². The fraction of sp³-hybridized carbons (Fsp3) is 0.355. The van der Waals surface area contributed by atoms with Gasteiger partial charge in [-0.15, -0.1) is 0 Å². The number of nitrogens with zero attached hydrogens (tertiary/aromatic N) is 6. The number of hydrogen-bond donors (Lipinski definition) is 0. The molecule has 3 fully saturated rings. The zero-order chi connectivity index (χ0) is 29.1. The first kappa shape index (κ1) is 27.0. The number of pyridine rings is 1. The monoisotopic (exact) mass is 590 g/mol. The Bertz CT molecular complexity index is 1750. The van der Waals surface area contributed by atoms with Crippen molar-refractivity contribution in [2.75, 3.05) is 38.2 Å². The van der Waals surface area contributed by atoms with Gasteiger partial charge < -0.3 is 19.4 Å². The lowest BCUT2D eigenvalue weighted by Crippen LogP contribution is -2.63. The Kier molecular flexibility index (Phi) is 6.70. The molecule has 5 heterocycles. The molecule has 216 valence electrons. The number of benzene rings is 2. The van der Waals surface area contributed by atoms with Crippen LogP contribution in [-0.4, -0.2) is 82.1 Å². The number of halogens is 3. The third-order valence-electron chi connectivity index (χ3n) is 8.92. The van der Waals surface area contributed by atoms with Crippen LogP contribution in [-0.2, 0) is 4.79 Å². The molecule has 3 saturated heterocycles. The number of hydrogen-bond acceptors (Lipinski definition) is 7. The third kappa shape index (κ3) is 4.35. The first-order valence-electron chi connectivity index (χ1n) is 14.1. The van der Waals surface area contributed by atoms with Crippen LogP contribution in [0, 0.1) is 5.82 Å². The second-order valence-electron chi connectivity index (χ2n) is 11.2. The minimum absolute atomic E-state index is 0.0796. The first-order chi connectivity index (χ1) is 20.3. The SMILES string of the molecule is C=C(F)C(=O)N1CC[C@@H]2[C@H]1CN2c1nc(OC[C@@H]2CCCN2C)nc2c(F)c(-c3cncc4cccc(Cl)c34)ccc12. The van der Waals surface area contributed by atoms with Crippen molar-refractivity contribution in [3.8, 4) is 17.1 Å². The molecule has 2 aromatic carbocycles. The maximum atomic E-state index is 16.5. The highest BCUT2D eigenvalue weighted by molar-refractivity contribution is 6.36. The number of carbonyl (C=O) groups is 1. The number of ether oxygens (including phenoxy) is 1. The van der Waals surface area contributed by atoms with E-state index in [4.69, 9.17) is 21.3 Å². The van der Waals surface area contributed by atoms with E-state index in [1.807, 2.05) is 23.1 Å². The van der Waals surface area contributed by atoms with Crippen molar-refractivity contribution >= 4 is 45.0 Å². The molecule has 1 amide bonds. The molecule has 11 heteroatoms. The van der Waals surface area contributed by atoms with Crippen molar-refractivity contribution in [2.45, 2.75) is 37.4 Å². The van der Waals surface area contributed by atoms with Gasteiger partial charge in [0.2, 0.25) is 0 Å². The van der Waals surface area contributed by atoms with Crippen LogP contribution >= 0.6 is 11.6 Å². The van der Waals surface area contributed by atoms with Crippen molar-refractivity contribution in [1.82, 2.24) is 24.8 Å². The van der Waals surface area contributed by atoms with E-state index in [1.54, 1.807) is 24.5 Å². The van der Waals surface area contributed by atoms with Gasteiger partial charge >= 0.3 is 6.01 Å². The van der Waals surface area contributed by atoms with Crippen molar-refractivity contribution in [3.63, 3.8) is 0 Å². The average molecular weight is 591 g/mol. The molecule has 3 aliphatic heterocycles. The molecule has 7 rings (SSSR count). The fourth-order valence-electron chi connectivity index (χ4n) is 6.64. The molecule has 3 atom stereocenters. The fourth-order valence-corrected chi connectivity index (χ4v) is 6.93. The second kappa shape index (κ2) is 10.4. The Labute approximate surface area is 246 Å². The molecular formula is C31H29ClF2N6O2. The molecule has 0 spiro atoms. The molecule has 0 aliphatic carbocycles. The number of carbonyl (C=O) groups excluding carboxylic acids is 1. The normalized spacial score (nSPS) is 22.0. The number of aromatic nitrogens is 3. The lowest BCUT2D eigenvalue weighted by molar-refractivity contribution is -0.130.